The largest absolute Gasteiger partial charge is 0.417 e. The van der Waals surface area contributed by atoms with Gasteiger partial charge in [-0.1, -0.05) is 17.9 Å². The summed E-state index contributed by atoms with van der Waals surface area (Å²) >= 11 is 0.978. The first-order valence-electron chi connectivity index (χ1n) is 8.21. The summed E-state index contributed by atoms with van der Waals surface area (Å²) in [5.41, 5.74) is 1.59. The quantitative estimate of drug-likeness (QED) is 0.344. The van der Waals surface area contributed by atoms with Crippen LogP contribution in [0.4, 0.5) is 13.2 Å². The van der Waals surface area contributed by atoms with Gasteiger partial charge in [-0.25, -0.2) is 5.48 Å². The van der Waals surface area contributed by atoms with Crippen LogP contribution in [0.3, 0.4) is 0 Å². The van der Waals surface area contributed by atoms with Crippen molar-refractivity contribution in [1.29, 1.82) is 0 Å². The lowest BCUT2D eigenvalue weighted by Gasteiger charge is -2.06. The number of carbonyl (C=O) groups is 2. The number of benzene rings is 2. The van der Waals surface area contributed by atoms with Gasteiger partial charge >= 0.3 is 6.18 Å². The van der Waals surface area contributed by atoms with Crippen molar-refractivity contribution in [2.45, 2.75) is 6.18 Å². The highest BCUT2D eigenvalue weighted by Gasteiger charge is 2.33. The molecule has 0 saturated heterocycles. The molecule has 0 radical (unpaired) electrons. The molecule has 3 aromatic rings. The Balaban J connectivity index is 1.66. The average Bonchev–Trinajstić information content (AvgIpc) is 3.14. The Kier molecular flexibility index (Phi) is 5.87. The highest BCUT2D eigenvalue weighted by molar-refractivity contribution is 7.20. The molecule has 3 rings (SSSR count). The highest BCUT2D eigenvalue weighted by atomic mass is 32.1. The molecule has 0 aliphatic carbocycles. The summed E-state index contributed by atoms with van der Waals surface area (Å²) in [6.45, 7) is -0.00190. The minimum Gasteiger partial charge on any atom is -0.340 e. The second-order valence-corrected chi connectivity index (χ2v) is 6.91. The molecule has 0 bridgehead atoms. The maximum absolute atomic E-state index is 13.1. The van der Waals surface area contributed by atoms with Gasteiger partial charge < -0.3 is 5.32 Å². The molecule has 2 aromatic carbocycles. The van der Waals surface area contributed by atoms with Crippen LogP contribution in [0.25, 0.3) is 10.1 Å². The van der Waals surface area contributed by atoms with E-state index in [1.807, 2.05) is 0 Å². The zero-order chi connectivity index (χ0) is 21.0. The molecule has 148 valence electrons. The first kappa shape index (κ1) is 20.4. The van der Waals surface area contributed by atoms with Gasteiger partial charge in [0.05, 0.1) is 17.0 Å². The summed E-state index contributed by atoms with van der Waals surface area (Å²) in [6, 6.07) is 11.2. The maximum atomic E-state index is 13.1. The molecule has 5 nitrogen and oxygen atoms in total. The summed E-state index contributed by atoms with van der Waals surface area (Å²) in [5.74, 6) is 4.36. The lowest BCUT2D eigenvalue weighted by atomic mass is 10.1. The van der Waals surface area contributed by atoms with Crippen LogP contribution in [0.1, 0.15) is 31.2 Å². The fourth-order valence-electron chi connectivity index (χ4n) is 2.55. The van der Waals surface area contributed by atoms with Crippen LogP contribution in [0.5, 0.6) is 0 Å². The van der Waals surface area contributed by atoms with E-state index >= 15 is 0 Å². The number of amides is 2. The van der Waals surface area contributed by atoms with E-state index in [0.29, 0.717) is 10.3 Å². The van der Waals surface area contributed by atoms with E-state index in [-0.39, 0.29) is 22.4 Å². The number of hydrogen-bond acceptors (Lipinski definition) is 4. The lowest BCUT2D eigenvalue weighted by Crippen LogP contribution is -2.22. The Morgan fingerprint density at radius 2 is 1.79 bits per heavy atom. The van der Waals surface area contributed by atoms with Gasteiger partial charge in [-0.05, 0) is 42.5 Å². The van der Waals surface area contributed by atoms with Crippen molar-refractivity contribution in [2.24, 2.45) is 0 Å². The predicted molar refractivity (Wildman–Crippen MR) is 102 cm³/mol. The third-order valence-corrected chi connectivity index (χ3v) is 5.01. The van der Waals surface area contributed by atoms with Crippen LogP contribution in [0.2, 0.25) is 0 Å². The van der Waals surface area contributed by atoms with E-state index < -0.39 is 23.6 Å². The van der Waals surface area contributed by atoms with Crippen molar-refractivity contribution in [3.05, 3.63) is 70.1 Å². The molecule has 2 amide bonds. The number of nitrogens with one attached hydrogen (secondary N) is 2. The molecular formula is C20H13F3N2O3S. The van der Waals surface area contributed by atoms with E-state index in [1.165, 1.54) is 35.8 Å². The van der Waals surface area contributed by atoms with Crippen LogP contribution in [-0.4, -0.2) is 23.6 Å². The van der Waals surface area contributed by atoms with Crippen LogP contribution < -0.4 is 10.8 Å². The first-order valence-corrected chi connectivity index (χ1v) is 9.02. The average molecular weight is 418 g/mol. The topological polar surface area (TPSA) is 78.4 Å². The van der Waals surface area contributed by atoms with Crippen molar-refractivity contribution in [1.82, 2.24) is 10.8 Å². The van der Waals surface area contributed by atoms with E-state index in [9.17, 15) is 22.8 Å². The van der Waals surface area contributed by atoms with Gasteiger partial charge in [0.2, 0.25) is 0 Å². The van der Waals surface area contributed by atoms with E-state index in [4.69, 9.17) is 5.21 Å². The number of alkyl halides is 3. The van der Waals surface area contributed by atoms with E-state index in [1.54, 1.807) is 12.1 Å². The maximum Gasteiger partial charge on any atom is 0.417 e. The zero-order valence-electron chi connectivity index (χ0n) is 14.6. The second kappa shape index (κ2) is 8.34. The SMILES string of the molecule is O=C(NO)c1ccc(C#CCNC(=O)c2cc3c(C(F)(F)F)cccc3s2)cc1. The Bertz CT molecular complexity index is 1130. The van der Waals surface area contributed by atoms with Gasteiger partial charge in [0, 0.05) is 21.2 Å². The molecule has 0 spiro atoms. The summed E-state index contributed by atoms with van der Waals surface area (Å²) in [7, 11) is 0. The molecule has 0 saturated carbocycles. The van der Waals surface area contributed by atoms with Crippen molar-refractivity contribution >= 4 is 33.2 Å². The number of hydroxylamine groups is 1. The number of thiophene rings is 1. The predicted octanol–water partition coefficient (Wildman–Crippen LogP) is 3.82. The van der Waals surface area contributed by atoms with Crippen molar-refractivity contribution in [2.75, 3.05) is 6.54 Å². The molecule has 0 aliphatic rings. The minimum atomic E-state index is -4.49. The van der Waals surface area contributed by atoms with Crippen LogP contribution in [0, 0.1) is 11.8 Å². The van der Waals surface area contributed by atoms with Gasteiger partial charge in [0.1, 0.15) is 0 Å². The molecule has 0 unspecified atom stereocenters. The standard InChI is InChI=1S/C20H13F3N2O3S/c21-20(22,23)15-4-1-5-16-14(15)11-17(29-16)19(27)24-10-2-3-12-6-8-13(9-7-12)18(26)25-28/h1,4-9,11,28H,10H2,(H,24,27)(H,25,26). The molecule has 1 heterocycles. The van der Waals surface area contributed by atoms with E-state index in [0.717, 1.165) is 17.4 Å². The molecule has 0 aliphatic heterocycles. The van der Waals surface area contributed by atoms with E-state index in [2.05, 4.69) is 17.2 Å². The Morgan fingerprint density at radius 3 is 2.45 bits per heavy atom. The number of carbonyl (C=O) groups excluding carboxylic acids is 2. The summed E-state index contributed by atoms with van der Waals surface area (Å²) < 4.78 is 39.6. The monoisotopic (exact) mass is 418 g/mol. The third-order valence-electron chi connectivity index (χ3n) is 3.91. The number of fused-ring (bicyclic) bond motifs is 1. The highest BCUT2D eigenvalue weighted by Crippen LogP contribution is 2.37. The third kappa shape index (κ3) is 4.74. The van der Waals surface area contributed by atoms with Crippen molar-refractivity contribution in [3.8, 4) is 11.8 Å². The van der Waals surface area contributed by atoms with Crippen LogP contribution >= 0.6 is 11.3 Å². The molecule has 0 atom stereocenters. The summed E-state index contributed by atoms with van der Waals surface area (Å²) in [5, 5.41) is 11.1. The smallest absolute Gasteiger partial charge is 0.340 e. The lowest BCUT2D eigenvalue weighted by molar-refractivity contribution is -0.136. The van der Waals surface area contributed by atoms with Crippen molar-refractivity contribution < 1.29 is 28.0 Å². The van der Waals surface area contributed by atoms with Gasteiger partial charge in [-0.15, -0.1) is 11.3 Å². The van der Waals surface area contributed by atoms with Crippen LogP contribution in [-0.2, 0) is 6.18 Å². The summed E-state index contributed by atoms with van der Waals surface area (Å²) in [4.78, 5) is 23.6. The fraction of sp³-hybridized carbons (Fsp3) is 0.100. The van der Waals surface area contributed by atoms with Gasteiger partial charge in [0.25, 0.3) is 11.8 Å². The molecule has 9 heteroatoms. The Morgan fingerprint density at radius 1 is 1.07 bits per heavy atom. The Labute approximate surface area is 167 Å². The van der Waals surface area contributed by atoms with Crippen molar-refractivity contribution in [3.63, 3.8) is 0 Å². The molecule has 3 N–H and O–H groups in total. The first-order chi connectivity index (χ1) is 13.8. The van der Waals surface area contributed by atoms with Gasteiger partial charge in [-0.3, -0.25) is 14.8 Å². The molecule has 29 heavy (non-hydrogen) atoms. The minimum absolute atomic E-state index is 0.00190. The number of hydrogen-bond donors (Lipinski definition) is 3. The van der Waals surface area contributed by atoms with Gasteiger partial charge in [-0.2, -0.15) is 13.2 Å². The molecular weight excluding hydrogens is 405 g/mol. The molecule has 1 aromatic heterocycles. The second-order valence-electron chi connectivity index (χ2n) is 5.83. The number of rotatable bonds is 3. The summed E-state index contributed by atoms with van der Waals surface area (Å²) in [6.07, 6.45) is -4.49. The Hall–Kier alpha value is -3.35. The number of halogens is 3. The van der Waals surface area contributed by atoms with Gasteiger partial charge in [0.15, 0.2) is 0 Å². The normalized spacial score (nSPS) is 10.9. The van der Waals surface area contributed by atoms with Crippen LogP contribution in [0.15, 0.2) is 48.5 Å². The zero-order valence-corrected chi connectivity index (χ0v) is 15.4. The fourth-order valence-corrected chi connectivity index (χ4v) is 3.55. The molecule has 0 fully saturated rings.